The Balaban J connectivity index is 1.89. The minimum atomic E-state index is -0.240. The maximum absolute atomic E-state index is 9.79. The van der Waals surface area contributed by atoms with Crippen LogP contribution in [0.1, 0.15) is 35.4 Å². The van der Waals surface area contributed by atoms with Crippen molar-refractivity contribution in [2.45, 2.75) is 25.7 Å². The van der Waals surface area contributed by atoms with E-state index in [9.17, 15) is 5.26 Å². The minimum absolute atomic E-state index is 0.0313. The Kier molecular flexibility index (Phi) is 4.17. The number of aromatic amines is 1. The number of nitrogens with two attached hydrogens (primary N) is 1. The van der Waals surface area contributed by atoms with E-state index in [4.69, 9.17) is 10.5 Å². The molecule has 0 saturated heterocycles. The Labute approximate surface area is 158 Å². The van der Waals surface area contributed by atoms with Crippen LogP contribution in [0.5, 0.6) is 5.88 Å². The van der Waals surface area contributed by atoms with E-state index >= 15 is 0 Å². The van der Waals surface area contributed by atoms with Gasteiger partial charge in [0.15, 0.2) is 0 Å². The first kappa shape index (κ1) is 16.9. The fraction of sp³-hybridized carbons (Fsp3) is 0.182. The van der Waals surface area contributed by atoms with Crippen LogP contribution in [0.4, 0.5) is 0 Å². The zero-order valence-electron chi connectivity index (χ0n) is 15.2. The van der Waals surface area contributed by atoms with Gasteiger partial charge >= 0.3 is 0 Å². The van der Waals surface area contributed by atoms with Crippen LogP contribution in [0.15, 0.2) is 66.1 Å². The van der Waals surface area contributed by atoms with Gasteiger partial charge in [-0.1, -0.05) is 67.1 Å². The van der Waals surface area contributed by atoms with E-state index in [0.717, 1.165) is 22.4 Å². The summed E-state index contributed by atoms with van der Waals surface area (Å²) in [5.41, 5.74) is 11.5. The van der Waals surface area contributed by atoms with Crippen molar-refractivity contribution >= 4 is 0 Å². The number of nitrogens with one attached hydrogen (secondary N) is 1. The van der Waals surface area contributed by atoms with Gasteiger partial charge in [0.05, 0.1) is 16.8 Å². The second kappa shape index (κ2) is 6.65. The molecular weight excluding hydrogens is 336 g/mol. The topological polar surface area (TPSA) is 87.7 Å². The van der Waals surface area contributed by atoms with Gasteiger partial charge in [-0.25, -0.2) is 0 Å². The molecule has 2 aromatic carbocycles. The summed E-state index contributed by atoms with van der Waals surface area (Å²) in [6, 6.07) is 20.6. The Morgan fingerprint density at radius 3 is 2.52 bits per heavy atom. The SMILES string of the molecule is Cc1ccc(-c2[nH]nc3c2[C@H]([C@H](C)c2ccccc2)C(C#N)=C(N)O3)cc1. The molecule has 0 bridgehead atoms. The monoisotopic (exact) mass is 356 g/mol. The van der Waals surface area contributed by atoms with Crippen molar-refractivity contribution in [3.8, 4) is 23.2 Å². The predicted octanol–water partition coefficient (Wildman–Crippen LogP) is 4.36. The van der Waals surface area contributed by atoms with Crippen molar-refractivity contribution in [2.24, 2.45) is 5.73 Å². The summed E-state index contributed by atoms with van der Waals surface area (Å²) in [6.07, 6.45) is 0. The smallest absolute Gasteiger partial charge is 0.244 e. The van der Waals surface area contributed by atoms with E-state index in [0.29, 0.717) is 11.5 Å². The highest BCUT2D eigenvalue weighted by Gasteiger charge is 2.38. The number of H-pyrrole nitrogens is 1. The van der Waals surface area contributed by atoms with Crippen molar-refractivity contribution in [1.82, 2.24) is 10.2 Å². The third-order valence-corrected chi connectivity index (χ3v) is 5.15. The lowest BCUT2D eigenvalue weighted by Gasteiger charge is -2.28. The number of nitrogens with zero attached hydrogens (tertiary/aromatic N) is 2. The molecule has 0 saturated carbocycles. The fourth-order valence-electron chi connectivity index (χ4n) is 3.67. The van der Waals surface area contributed by atoms with Crippen LogP contribution in [0.2, 0.25) is 0 Å². The summed E-state index contributed by atoms with van der Waals surface area (Å²) in [6.45, 7) is 4.15. The number of hydrogen-bond acceptors (Lipinski definition) is 4. The van der Waals surface area contributed by atoms with Gasteiger partial charge in [0, 0.05) is 5.92 Å². The first-order valence-corrected chi connectivity index (χ1v) is 8.88. The average Bonchev–Trinajstić information content (AvgIpc) is 3.11. The maximum atomic E-state index is 9.79. The summed E-state index contributed by atoms with van der Waals surface area (Å²) in [4.78, 5) is 0. The minimum Gasteiger partial charge on any atom is -0.420 e. The van der Waals surface area contributed by atoms with Gasteiger partial charge in [-0.2, -0.15) is 5.26 Å². The number of ether oxygens (including phenoxy) is 1. The highest BCUT2D eigenvalue weighted by atomic mass is 16.5. The van der Waals surface area contributed by atoms with Gasteiger partial charge in [0.2, 0.25) is 11.8 Å². The lowest BCUT2D eigenvalue weighted by molar-refractivity contribution is 0.368. The van der Waals surface area contributed by atoms with Gasteiger partial charge in [0.25, 0.3) is 0 Å². The molecule has 3 N–H and O–H groups in total. The zero-order chi connectivity index (χ0) is 19.0. The number of fused-ring (bicyclic) bond motifs is 1. The lowest BCUT2D eigenvalue weighted by Crippen LogP contribution is -2.23. The molecule has 0 aliphatic carbocycles. The molecule has 1 aliphatic rings. The van der Waals surface area contributed by atoms with Crippen LogP contribution in [0.25, 0.3) is 11.3 Å². The van der Waals surface area contributed by atoms with E-state index in [1.54, 1.807) is 0 Å². The molecule has 0 fully saturated rings. The van der Waals surface area contributed by atoms with Crippen LogP contribution >= 0.6 is 0 Å². The standard InChI is InChI=1S/C22H20N4O/c1-13-8-10-16(11-9-13)20-19-18(14(2)15-6-4-3-5-7-15)17(12-23)21(24)27-22(19)26-25-20/h3-11,14,18H,24H2,1-2H3,(H,25,26)/t14-,18-/m1/s1. The normalized spacial score (nSPS) is 17.0. The van der Waals surface area contributed by atoms with E-state index in [2.05, 4.69) is 47.5 Å². The van der Waals surface area contributed by atoms with E-state index in [1.807, 2.05) is 37.3 Å². The summed E-state index contributed by atoms with van der Waals surface area (Å²) in [5.74, 6) is 0.356. The number of allylic oxidation sites excluding steroid dienone is 1. The molecule has 3 aromatic rings. The van der Waals surface area contributed by atoms with Crippen LogP contribution in [-0.2, 0) is 0 Å². The maximum Gasteiger partial charge on any atom is 0.244 e. The number of aryl methyl sites for hydroxylation is 1. The molecule has 2 atom stereocenters. The molecule has 27 heavy (non-hydrogen) atoms. The van der Waals surface area contributed by atoms with Gasteiger partial charge in [-0.05, 0) is 24.0 Å². The summed E-state index contributed by atoms with van der Waals surface area (Å²) < 4.78 is 5.67. The molecular formula is C22H20N4O. The fourth-order valence-corrected chi connectivity index (χ4v) is 3.67. The second-order valence-corrected chi connectivity index (χ2v) is 6.85. The van der Waals surface area contributed by atoms with Crippen molar-refractivity contribution in [3.63, 3.8) is 0 Å². The van der Waals surface area contributed by atoms with Crippen LogP contribution in [0, 0.1) is 18.3 Å². The molecule has 134 valence electrons. The largest absolute Gasteiger partial charge is 0.420 e. The number of aromatic nitrogens is 2. The third-order valence-electron chi connectivity index (χ3n) is 5.15. The Hall–Kier alpha value is -3.52. The summed E-state index contributed by atoms with van der Waals surface area (Å²) in [5, 5.41) is 17.2. The molecule has 5 nitrogen and oxygen atoms in total. The molecule has 0 unspecified atom stereocenters. The third kappa shape index (κ3) is 2.85. The number of hydrogen-bond donors (Lipinski definition) is 2. The average molecular weight is 356 g/mol. The Morgan fingerprint density at radius 1 is 1.15 bits per heavy atom. The predicted molar refractivity (Wildman–Crippen MR) is 104 cm³/mol. The first-order valence-electron chi connectivity index (χ1n) is 8.88. The van der Waals surface area contributed by atoms with Crippen LogP contribution in [-0.4, -0.2) is 10.2 Å². The van der Waals surface area contributed by atoms with Crippen molar-refractivity contribution < 1.29 is 4.74 Å². The molecule has 0 spiro atoms. The molecule has 4 rings (SSSR count). The number of nitriles is 1. The first-order chi connectivity index (χ1) is 13.1. The summed E-state index contributed by atoms with van der Waals surface area (Å²) in [7, 11) is 0. The van der Waals surface area contributed by atoms with Crippen LogP contribution in [0.3, 0.4) is 0 Å². The van der Waals surface area contributed by atoms with Crippen molar-refractivity contribution in [1.29, 1.82) is 5.26 Å². The lowest BCUT2D eigenvalue weighted by atomic mass is 9.76. The highest BCUT2D eigenvalue weighted by Crippen LogP contribution is 2.48. The highest BCUT2D eigenvalue weighted by molar-refractivity contribution is 5.69. The van der Waals surface area contributed by atoms with Gasteiger partial charge < -0.3 is 10.5 Å². The molecule has 1 aromatic heterocycles. The van der Waals surface area contributed by atoms with Crippen molar-refractivity contribution in [3.05, 3.63) is 82.7 Å². The van der Waals surface area contributed by atoms with E-state index in [1.165, 1.54) is 5.56 Å². The Bertz CT molecular complexity index is 1040. The van der Waals surface area contributed by atoms with E-state index in [-0.39, 0.29) is 17.7 Å². The molecule has 5 heteroatoms. The molecule has 2 heterocycles. The zero-order valence-corrected chi connectivity index (χ0v) is 15.2. The Morgan fingerprint density at radius 2 is 1.85 bits per heavy atom. The molecule has 0 radical (unpaired) electrons. The van der Waals surface area contributed by atoms with E-state index < -0.39 is 0 Å². The van der Waals surface area contributed by atoms with Gasteiger partial charge in [-0.15, -0.1) is 5.10 Å². The van der Waals surface area contributed by atoms with Gasteiger partial charge in [-0.3, -0.25) is 5.10 Å². The quantitative estimate of drug-likeness (QED) is 0.730. The molecule has 1 aliphatic heterocycles. The number of benzene rings is 2. The number of rotatable bonds is 3. The van der Waals surface area contributed by atoms with Crippen molar-refractivity contribution in [2.75, 3.05) is 0 Å². The molecule has 0 amide bonds. The summed E-state index contributed by atoms with van der Waals surface area (Å²) >= 11 is 0. The van der Waals surface area contributed by atoms with Gasteiger partial charge in [0.1, 0.15) is 6.07 Å². The van der Waals surface area contributed by atoms with Crippen LogP contribution < -0.4 is 10.5 Å². The second-order valence-electron chi connectivity index (χ2n) is 6.85.